The van der Waals surface area contributed by atoms with Gasteiger partial charge in [-0.15, -0.1) is 0 Å². The molecule has 2 rings (SSSR count). The van der Waals surface area contributed by atoms with Crippen LogP contribution in [0.5, 0.6) is 5.75 Å². The molecule has 0 fully saturated rings. The summed E-state index contributed by atoms with van der Waals surface area (Å²) in [5.41, 5.74) is 14.1. The molecule has 7 nitrogen and oxygen atoms in total. The zero-order valence-corrected chi connectivity index (χ0v) is 14.1. The molecule has 128 valence electrons. The molecule has 0 radical (unpaired) electrons. The molecule has 0 bridgehead atoms. The average Bonchev–Trinajstić information content (AvgIpc) is 2.53. The van der Waals surface area contributed by atoms with Crippen LogP contribution in [0.1, 0.15) is 23.4 Å². The Labute approximate surface area is 142 Å². The van der Waals surface area contributed by atoms with Crippen LogP contribution in [-0.4, -0.2) is 29.1 Å². The Kier molecular flexibility index (Phi) is 6.51. The highest BCUT2D eigenvalue weighted by Crippen LogP contribution is 2.14. The normalized spacial score (nSPS) is 11.4. The Balaban J connectivity index is 1.95. The van der Waals surface area contributed by atoms with Crippen LogP contribution in [0, 0.1) is 13.8 Å². The van der Waals surface area contributed by atoms with Crippen molar-refractivity contribution in [3.63, 3.8) is 0 Å². The number of rotatable bonds is 7. The van der Waals surface area contributed by atoms with E-state index in [4.69, 9.17) is 16.2 Å². The number of nitrogens with one attached hydrogen (secondary N) is 1. The molecule has 5 N–H and O–H groups in total. The second-order valence-electron chi connectivity index (χ2n) is 5.44. The summed E-state index contributed by atoms with van der Waals surface area (Å²) in [6, 6.07) is 9.66. The van der Waals surface area contributed by atoms with Gasteiger partial charge in [-0.1, -0.05) is 12.1 Å². The number of nitrogens with two attached hydrogens (primary N) is 2. The third-order valence-electron chi connectivity index (χ3n) is 3.17. The van der Waals surface area contributed by atoms with Gasteiger partial charge in [0.1, 0.15) is 5.75 Å². The summed E-state index contributed by atoms with van der Waals surface area (Å²) >= 11 is 0. The number of aromatic nitrogens is 2. The van der Waals surface area contributed by atoms with Crippen molar-refractivity contribution in [1.82, 2.24) is 9.97 Å². The van der Waals surface area contributed by atoms with Gasteiger partial charge in [0, 0.05) is 11.4 Å². The maximum Gasteiger partial charge on any atom is 0.229 e. The minimum Gasteiger partial charge on any atom is -0.494 e. The molecule has 0 aliphatic rings. The van der Waals surface area contributed by atoms with Crippen LogP contribution in [-0.2, 0) is 6.54 Å². The Hall–Kier alpha value is -2.67. The molecule has 24 heavy (non-hydrogen) atoms. The van der Waals surface area contributed by atoms with E-state index in [1.807, 2.05) is 44.2 Å². The van der Waals surface area contributed by atoms with Gasteiger partial charge in [-0.2, -0.15) is 0 Å². The minimum absolute atomic E-state index is 0.273. The number of nitrogens with zero attached hydrogens (tertiary/aromatic N) is 3. The van der Waals surface area contributed by atoms with Crippen molar-refractivity contribution in [3.8, 4) is 5.75 Å². The van der Waals surface area contributed by atoms with E-state index in [-0.39, 0.29) is 5.96 Å². The first-order chi connectivity index (χ1) is 11.6. The molecule has 7 heteroatoms. The van der Waals surface area contributed by atoms with Crippen molar-refractivity contribution in [2.45, 2.75) is 26.8 Å². The van der Waals surface area contributed by atoms with Gasteiger partial charge in [0.05, 0.1) is 13.2 Å². The molecule has 0 aliphatic heterocycles. The number of benzene rings is 1. The molecule has 0 aliphatic carbocycles. The molecule has 0 saturated carbocycles. The van der Waals surface area contributed by atoms with Crippen LogP contribution in [0.25, 0.3) is 0 Å². The Morgan fingerprint density at radius 3 is 2.67 bits per heavy atom. The van der Waals surface area contributed by atoms with Crippen LogP contribution in [0.15, 0.2) is 35.3 Å². The lowest BCUT2D eigenvalue weighted by molar-refractivity contribution is 0.313. The van der Waals surface area contributed by atoms with Gasteiger partial charge < -0.3 is 16.2 Å². The molecule has 0 saturated heterocycles. The van der Waals surface area contributed by atoms with Crippen LogP contribution in [0.4, 0.5) is 5.95 Å². The summed E-state index contributed by atoms with van der Waals surface area (Å²) in [6.45, 7) is 5.48. The Morgan fingerprint density at radius 2 is 1.96 bits per heavy atom. The molecular weight excluding hydrogens is 304 g/mol. The van der Waals surface area contributed by atoms with Crippen LogP contribution < -0.4 is 21.5 Å². The fraction of sp³-hybridized carbons (Fsp3) is 0.353. The summed E-state index contributed by atoms with van der Waals surface area (Å²) in [5, 5.41) is 2.91. The molecule has 1 heterocycles. The number of hydrogen-bond acceptors (Lipinski definition) is 5. The number of aryl methyl sites for hydroxylation is 2. The van der Waals surface area contributed by atoms with Crippen molar-refractivity contribution < 1.29 is 4.74 Å². The third kappa shape index (κ3) is 5.85. The van der Waals surface area contributed by atoms with E-state index in [9.17, 15) is 0 Å². The van der Waals surface area contributed by atoms with Crippen LogP contribution in [0.2, 0.25) is 0 Å². The van der Waals surface area contributed by atoms with Gasteiger partial charge in [-0.3, -0.25) is 5.32 Å². The quantitative estimate of drug-likeness (QED) is 0.405. The van der Waals surface area contributed by atoms with Crippen molar-refractivity contribution in [2.75, 3.05) is 18.5 Å². The van der Waals surface area contributed by atoms with Gasteiger partial charge in [0.15, 0.2) is 5.96 Å². The second-order valence-corrected chi connectivity index (χ2v) is 5.44. The molecule has 0 amide bonds. The van der Waals surface area contributed by atoms with Gasteiger partial charge in [0.2, 0.25) is 5.95 Å². The molecule has 2 aromatic rings. The summed E-state index contributed by atoms with van der Waals surface area (Å²) < 4.78 is 5.62. The Bertz CT molecular complexity index is 681. The standard InChI is InChI=1S/C17H24N6O/c1-12-9-13(2)22-17(21-12)23-16(19)20-11-14-5-3-6-15(10-14)24-8-4-7-18/h3,5-6,9-10H,4,7-8,11,18H2,1-2H3,(H3,19,20,21,22,23). The fourth-order valence-electron chi connectivity index (χ4n) is 2.12. The van der Waals surface area contributed by atoms with Crippen molar-refractivity contribution in [3.05, 3.63) is 47.3 Å². The highest BCUT2D eigenvalue weighted by Gasteiger charge is 2.02. The highest BCUT2D eigenvalue weighted by molar-refractivity contribution is 5.90. The largest absolute Gasteiger partial charge is 0.494 e. The monoisotopic (exact) mass is 328 g/mol. The molecular formula is C17H24N6O. The number of ether oxygens (including phenoxy) is 1. The topological polar surface area (TPSA) is 111 Å². The summed E-state index contributed by atoms with van der Waals surface area (Å²) in [7, 11) is 0. The summed E-state index contributed by atoms with van der Waals surface area (Å²) in [5.74, 6) is 1.53. The van der Waals surface area contributed by atoms with E-state index in [1.54, 1.807) is 0 Å². The third-order valence-corrected chi connectivity index (χ3v) is 3.17. The van der Waals surface area contributed by atoms with Gasteiger partial charge in [-0.25, -0.2) is 15.0 Å². The summed E-state index contributed by atoms with van der Waals surface area (Å²) in [4.78, 5) is 12.9. The predicted octanol–water partition coefficient (Wildman–Crippen LogP) is 1.75. The van der Waals surface area contributed by atoms with E-state index in [1.165, 1.54) is 0 Å². The SMILES string of the molecule is Cc1cc(C)nc(NC(N)=NCc2cccc(OCCCN)c2)n1. The fourth-order valence-corrected chi connectivity index (χ4v) is 2.12. The van der Waals surface area contributed by atoms with Crippen molar-refractivity contribution in [1.29, 1.82) is 0 Å². The highest BCUT2D eigenvalue weighted by atomic mass is 16.5. The lowest BCUT2D eigenvalue weighted by Gasteiger charge is -2.08. The van der Waals surface area contributed by atoms with E-state index >= 15 is 0 Å². The van der Waals surface area contributed by atoms with Crippen molar-refractivity contribution >= 4 is 11.9 Å². The van der Waals surface area contributed by atoms with Gasteiger partial charge >= 0.3 is 0 Å². The molecule has 0 spiro atoms. The lowest BCUT2D eigenvalue weighted by atomic mass is 10.2. The van der Waals surface area contributed by atoms with E-state index in [0.717, 1.165) is 29.1 Å². The van der Waals surface area contributed by atoms with Crippen molar-refractivity contribution in [2.24, 2.45) is 16.5 Å². The Morgan fingerprint density at radius 1 is 1.21 bits per heavy atom. The van der Waals surface area contributed by atoms with E-state index < -0.39 is 0 Å². The second kappa shape index (κ2) is 8.83. The number of guanidine groups is 1. The lowest BCUT2D eigenvalue weighted by Crippen LogP contribution is -2.24. The first kappa shape index (κ1) is 17.7. The van der Waals surface area contributed by atoms with Crippen LogP contribution in [0.3, 0.4) is 0 Å². The predicted molar refractivity (Wildman–Crippen MR) is 96.1 cm³/mol. The smallest absolute Gasteiger partial charge is 0.229 e. The summed E-state index contributed by atoms with van der Waals surface area (Å²) in [6.07, 6.45) is 0.829. The molecule has 1 aromatic heterocycles. The average molecular weight is 328 g/mol. The zero-order chi connectivity index (χ0) is 17.4. The number of anilines is 1. The first-order valence-electron chi connectivity index (χ1n) is 7.88. The van der Waals surface area contributed by atoms with Gasteiger partial charge in [0.25, 0.3) is 0 Å². The van der Waals surface area contributed by atoms with Crippen LogP contribution >= 0.6 is 0 Å². The van der Waals surface area contributed by atoms with E-state index in [0.29, 0.717) is 25.6 Å². The number of hydrogen-bond donors (Lipinski definition) is 3. The molecule has 0 unspecified atom stereocenters. The van der Waals surface area contributed by atoms with E-state index in [2.05, 4.69) is 20.3 Å². The zero-order valence-electron chi connectivity index (χ0n) is 14.1. The first-order valence-corrected chi connectivity index (χ1v) is 7.88. The molecule has 1 aromatic carbocycles. The minimum atomic E-state index is 0.273. The maximum absolute atomic E-state index is 5.90. The number of aliphatic imine (C=N–C) groups is 1. The molecule has 0 atom stereocenters. The maximum atomic E-state index is 5.90. The van der Waals surface area contributed by atoms with Gasteiger partial charge in [-0.05, 0) is 50.6 Å².